The number of rotatable bonds is 4. The van der Waals surface area contributed by atoms with Gasteiger partial charge in [-0.05, 0) is 48.4 Å². The number of likely N-dealkylation sites (tertiary alicyclic amines) is 1. The van der Waals surface area contributed by atoms with E-state index in [-0.39, 0.29) is 11.8 Å². The second-order valence-corrected chi connectivity index (χ2v) is 6.74. The summed E-state index contributed by atoms with van der Waals surface area (Å²) in [5.41, 5.74) is 9.55. The molecule has 0 saturated carbocycles. The molecule has 134 valence electrons. The lowest BCUT2D eigenvalue weighted by molar-refractivity contribution is -0.120. The molecule has 1 unspecified atom stereocenters. The first-order valence-electron chi connectivity index (χ1n) is 8.76. The fourth-order valence-electron chi connectivity index (χ4n) is 3.58. The minimum Gasteiger partial charge on any atom is -0.497 e. The predicted molar refractivity (Wildman–Crippen MR) is 102 cm³/mol. The van der Waals surface area contributed by atoms with Gasteiger partial charge in [-0.2, -0.15) is 5.10 Å². The third-order valence-electron chi connectivity index (χ3n) is 4.93. The lowest BCUT2D eigenvalue weighted by atomic mass is 9.94. The Kier molecular flexibility index (Phi) is 4.34. The lowest BCUT2D eigenvalue weighted by Crippen LogP contribution is -2.41. The first kappa shape index (κ1) is 16.6. The van der Waals surface area contributed by atoms with Crippen LogP contribution in [-0.2, 0) is 11.3 Å². The van der Waals surface area contributed by atoms with Crippen molar-refractivity contribution in [3.05, 3.63) is 54.1 Å². The second-order valence-electron chi connectivity index (χ2n) is 6.74. The molecule has 1 fully saturated rings. The molecule has 0 bridgehead atoms. The van der Waals surface area contributed by atoms with Crippen molar-refractivity contribution < 1.29 is 9.53 Å². The van der Waals surface area contributed by atoms with E-state index in [0.717, 1.165) is 42.3 Å². The normalized spacial score (nSPS) is 20.0. The Morgan fingerprint density at radius 2 is 2.04 bits per heavy atom. The average Bonchev–Trinajstić information content (AvgIpc) is 2.98. The number of carbonyl (C=O) groups is 1. The van der Waals surface area contributed by atoms with Crippen LogP contribution in [0.2, 0.25) is 0 Å². The molecule has 6 heteroatoms. The summed E-state index contributed by atoms with van der Waals surface area (Å²) in [6, 6.07) is 15.4. The van der Waals surface area contributed by atoms with E-state index in [1.165, 1.54) is 10.6 Å². The Hall–Kier alpha value is -2.86. The zero-order valence-corrected chi connectivity index (χ0v) is 14.8. The molecule has 1 saturated heterocycles. The average molecular weight is 350 g/mol. The van der Waals surface area contributed by atoms with Gasteiger partial charge in [0.25, 0.3) is 5.91 Å². The van der Waals surface area contributed by atoms with E-state index in [2.05, 4.69) is 16.1 Å². The van der Waals surface area contributed by atoms with Gasteiger partial charge in [0.05, 0.1) is 24.4 Å². The van der Waals surface area contributed by atoms with Gasteiger partial charge in [0, 0.05) is 25.3 Å². The number of nitrogens with zero attached hydrogens (tertiary/aromatic N) is 3. The molecule has 0 aliphatic carbocycles. The van der Waals surface area contributed by atoms with Gasteiger partial charge in [-0.1, -0.05) is 12.1 Å². The molecule has 2 aliphatic rings. The Labute approximate surface area is 152 Å². The van der Waals surface area contributed by atoms with Crippen molar-refractivity contribution in [2.45, 2.75) is 13.0 Å². The Morgan fingerprint density at radius 1 is 1.23 bits per heavy atom. The SMILES string of the molecule is COc1ccc(N2N=C3CN(Cc4cccc(N)c4)CCC3C2=O)cc1. The van der Waals surface area contributed by atoms with Crippen LogP contribution in [0, 0.1) is 5.92 Å². The molecular formula is C20H22N4O2. The molecule has 2 heterocycles. The Bertz CT molecular complexity index is 847. The first-order chi connectivity index (χ1) is 12.6. The van der Waals surface area contributed by atoms with Crippen LogP contribution in [0.15, 0.2) is 53.6 Å². The summed E-state index contributed by atoms with van der Waals surface area (Å²) >= 11 is 0. The zero-order valence-electron chi connectivity index (χ0n) is 14.8. The van der Waals surface area contributed by atoms with E-state index in [1.807, 2.05) is 42.5 Å². The fourth-order valence-corrected chi connectivity index (χ4v) is 3.58. The maximum absolute atomic E-state index is 12.7. The van der Waals surface area contributed by atoms with E-state index in [4.69, 9.17) is 10.5 Å². The molecule has 2 aliphatic heterocycles. The standard InChI is InChI=1S/C20H22N4O2/c1-26-17-7-5-16(6-8-17)24-20(25)18-9-10-23(13-19(18)22-24)12-14-3-2-4-15(21)11-14/h2-8,11,18H,9-10,12-13,21H2,1H3. The summed E-state index contributed by atoms with van der Waals surface area (Å²) in [7, 11) is 1.62. The van der Waals surface area contributed by atoms with E-state index in [9.17, 15) is 4.79 Å². The molecule has 2 aromatic carbocycles. The number of nitrogen functional groups attached to an aromatic ring is 1. The molecule has 6 nitrogen and oxygen atoms in total. The van der Waals surface area contributed by atoms with Crippen LogP contribution in [-0.4, -0.2) is 36.7 Å². The van der Waals surface area contributed by atoms with Gasteiger partial charge in [-0.25, -0.2) is 5.01 Å². The number of anilines is 2. The van der Waals surface area contributed by atoms with Gasteiger partial charge in [0.1, 0.15) is 5.75 Å². The highest BCUT2D eigenvalue weighted by Gasteiger charge is 2.39. The van der Waals surface area contributed by atoms with Gasteiger partial charge in [0.2, 0.25) is 0 Å². The number of methoxy groups -OCH3 is 1. The number of carbonyl (C=O) groups excluding carboxylic acids is 1. The number of benzene rings is 2. The molecule has 26 heavy (non-hydrogen) atoms. The van der Waals surface area contributed by atoms with Gasteiger partial charge >= 0.3 is 0 Å². The van der Waals surface area contributed by atoms with Gasteiger partial charge in [-0.15, -0.1) is 0 Å². The van der Waals surface area contributed by atoms with E-state index < -0.39 is 0 Å². The van der Waals surface area contributed by atoms with Gasteiger partial charge < -0.3 is 10.5 Å². The number of hydrogen-bond acceptors (Lipinski definition) is 5. The van der Waals surface area contributed by atoms with Crippen LogP contribution in [0.4, 0.5) is 11.4 Å². The number of hydrazone groups is 1. The van der Waals surface area contributed by atoms with Crippen molar-refractivity contribution in [1.82, 2.24) is 4.90 Å². The minimum atomic E-state index is -0.103. The van der Waals surface area contributed by atoms with Crippen molar-refractivity contribution in [3.8, 4) is 5.75 Å². The van der Waals surface area contributed by atoms with Crippen molar-refractivity contribution >= 4 is 23.0 Å². The summed E-state index contributed by atoms with van der Waals surface area (Å²) < 4.78 is 5.18. The number of ether oxygens (including phenoxy) is 1. The van der Waals surface area contributed by atoms with Crippen molar-refractivity contribution in [2.75, 3.05) is 30.9 Å². The lowest BCUT2D eigenvalue weighted by Gasteiger charge is -2.29. The van der Waals surface area contributed by atoms with Gasteiger partial charge in [-0.3, -0.25) is 9.69 Å². The summed E-state index contributed by atoms with van der Waals surface area (Å²) in [6.07, 6.45) is 0.798. The minimum absolute atomic E-state index is 0.0637. The molecule has 2 aromatic rings. The largest absolute Gasteiger partial charge is 0.497 e. The molecule has 4 rings (SSSR count). The maximum Gasteiger partial charge on any atom is 0.256 e. The highest BCUT2D eigenvalue weighted by molar-refractivity contribution is 6.16. The third kappa shape index (κ3) is 3.15. The summed E-state index contributed by atoms with van der Waals surface area (Å²) in [4.78, 5) is 15.1. The van der Waals surface area contributed by atoms with Crippen LogP contribution >= 0.6 is 0 Å². The van der Waals surface area contributed by atoms with Crippen LogP contribution < -0.4 is 15.5 Å². The van der Waals surface area contributed by atoms with Crippen molar-refractivity contribution in [2.24, 2.45) is 11.0 Å². The molecule has 0 aromatic heterocycles. The summed E-state index contributed by atoms with van der Waals surface area (Å²) in [5.74, 6) is 0.724. The number of amides is 1. The molecule has 0 spiro atoms. The number of nitrogens with two attached hydrogens (primary N) is 1. The molecule has 2 N–H and O–H groups in total. The molecule has 0 radical (unpaired) electrons. The van der Waals surface area contributed by atoms with Gasteiger partial charge in [0.15, 0.2) is 0 Å². The van der Waals surface area contributed by atoms with E-state index in [1.54, 1.807) is 7.11 Å². The van der Waals surface area contributed by atoms with Crippen molar-refractivity contribution in [3.63, 3.8) is 0 Å². The molecular weight excluding hydrogens is 328 g/mol. The van der Waals surface area contributed by atoms with Crippen LogP contribution in [0.3, 0.4) is 0 Å². The number of piperidine rings is 1. The highest BCUT2D eigenvalue weighted by atomic mass is 16.5. The topological polar surface area (TPSA) is 71.2 Å². The first-order valence-corrected chi connectivity index (χ1v) is 8.76. The second kappa shape index (κ2) is 6.80. The Morgan fingerprint density at radius 3 is 2.77 bits per heavy atom. The zero-order chi connectivity index (χ0) is 18.1. The molecule has 1 atom stereocenters. The van der Waals surface area contributed by atoms with E-state index in [0.29, 0.717) is 6.54 Å². The summed E-state index contributed by atoms with van der Waals surface area (Å²) in [5, 5.41) is 6.15. The molecule has 1 amide bonds. The monoisotopic (exact) mass is 350 g/mol. The fraction of sp³-hybridized carbons (Fsp3) is 0.300. The van der Waals surface area contributed by atoms with Crippen LogP contribution in [0.5, 0.6) is 5.75 Å². The smallest absolute Gasteiger partial charge is 0.256 e. The Balaban J connectivity index is 1.49. The van der Waals surface area contributed by atoms with E-state index >= 15 is 0 Å². The van der Waals surface area contributed by atoms with Crippen molar-refractivity contribution in [1.29, 1.82) is 0 Å². The predicted octanol–water partition coefficient (Wildman–Crippen LogP) is 2.50. The van der Waals surface area contributed by atoms with Crippen LogP contribution in [0.25, 0.3) is 0 Å². The number of hydrogen-bond donors (Lipinski definition) is 1. The van der Waals surface area contributed by atoms with Crippen LogP contribution in [0.1, 0.15) is 12.0 Å². The summed E-state index contributed by atoms with van der Waals surface area (Å²) in [6.45, 7) is 2.39. The maximum atomic E-state index is 12.7. The quantitative estimate of drug-likeness (QED) is 0.860. The third-order valence-corrected chi connectivity index (χ3v) is 4.93. The highest BCUT2D eigenvalue weighted by Crippen LogP contribution is 2.30. The number of fused-ring (bicyclic) bond motifs is 1.